The number of carbonyl (C=O) groups is 2. The molecule has 0 bridgehead atoms. The Balaban J connectivity index is 1.58. The number of likely N-dealkylation sites (N-methyl/N-ethyl adjacent to an activating group) is 1. The van der Waals surface area contributed by atoms with E-state index in [2.05, 4.69) is 19.9 Å². The highest BCUT2D eigenvalue weighted by molar-refractivity contribution is 6.31. The molecule has 3 rings (SSSR count). The average molecular weight is 398 g/mol. The van der Waals surface area contributed by atoms with Gasteiger partial charge in [-0.05, 0) is 29.7 Å². The van der Waals surface area contributed by atoms with Crippen molar-refractivity contribution in [2.24, 2.45) is 0 Å². The first kappa shape index (κ1) is 20.2. The van der Waals surface area contributed by atoms with Crippen LogP contribution in [0, 0.1) is 0 Å². The van der Waals surface area contributed by atoms with Crippen LogP contribution in [0.15, 0.2) is 60.3 Å². The van der Waals surface area contributed by atoms with Crippen LogP contribution in [0.1, 0.15) is 31.4 Å². The van der Waals surface area contributed by atoms with E-state index in [4.69, 9.17) is 16.3 Å². The first-order valence-electron chi connectivity index (χ1n) is 9.28. The third-order valence-corrected chi connectivity index (χ3v) is 5.54. The minimum Gasteiger partial charge on any atom is -0.457 e. The number of esters is 1. The van der Waals surface area contributed by atoms with Crippen LogP contribution < -0.4 is 4.90 Å². The second kappa shape index (κ2) is 8.19. The summed E-state index contributed by atoms with van der Waals surface area (Å²) in [5.74, 6) is -0.636. The topological polar surface area (TPSA) is 46.6 Å². The van der Waals surface area contributed by atoms with E-state index in [-0.39, 0.29) is 24.2 Å². The zero-order valence-corrected chi connectivity index (χ0v) is 17.1. The Hall–Kier alpha value is -2.59. The minimum absolute atomic E-state index is 0.185. The first-order valence-corrected chi connectivity index (χ1v) is 9.66. The van der Waals surface area contributed by atoms with Gasteiger partial charge < -0.3 is 9.64 Å². The number of nitrogens with zero attached hydrogens (tertiary/aromatic N) is 1. The van der Waals surface area contributed by atoms with E-state index < -0.39 is 5.97 Å². The van der Waals surface area contributed by atoms with Crippen molar-refractivity contribution in [1.29, 1.82) is 0 Å². The zero-order chi connectivity index (χ0) is 20.3. The number of carbonyl (C=O) groups excluding carboxylic acids is 2. The Morgan fingerprint density at radius 3 is 2.50 bits per heavy atom. The third kappa shape index (κ3) is 4.12. The Morgan fingerprint density at radius 2 is 1.79 bits per heavy atom. The molecule has 28 heavy (non-hydrogen) atoms. The van der Waals surface area contributed by atoms with E-state index in [1.807, 2.05) is 48.3 Å². The van der Waals surface area contributed by atoms with Crippen LogP contribution in [0.25, 0.3) is 0 Å². The lowest BCUT2D eigenvalue weighted by Crippen LogP contribution is -2.25. The van der Waals surface area contributed by atoms with Crippen LogP contribution in [0.2, 0.25) is 5.02 Å². The lowest BCUT2D eigenvalue weighted by Gasteiger charge is -2.23. The quantitative estimate of drug-likeness (QED) is 0.523. The van der Waals surface area contributed by atoms with Gasteiger partial charge in [0.25, 0.3) is 0 Å². The summed E-state index contributed by atoms with van der Waals surface area (Å²) in [7, 11) is 1.95. The van der Waals surface area contributed by atoms with Crippen LogP contribution in [0.5, 0.6) is 0 Å². The van der Waals surface area contributed by atoms with E-state index >= 15 is 0 Å². The monoisotopic (exact) mass is 397 g/mol. The summed E-state index contributed by atoms with van der Waals surface area (Å²) in [6, 6.07) is 15.5. The third-order valence-electron chi connectivity index (χ3n) is 5.17. The Kier molecular flexibility index (Phi) is 5.90. The van der Waals surface area contributed by atoms with Crippen molar-refractivity contribution >= 4 is 29.0 Å². The van der Waals surface area contributed by atoms with Crippen LogP contribution >= 0.6 is 11.6 Å². The van der Waals surface area contributed by atoms with E-state index in [9.17, 15) is 9.59 Å². The molecule has 2 aromatic carbocycles. The summed E-state index contributed by atoms with van der Waals surface area (Å²) in [6.07, 6.45) is 2.25. The van der Waals surface area contributed by atoms with Crippen molar-refractivity contribution in [1.82, 2.24) is 0 Å². The van der Waals surface area contributed by atoms with Crippen molar-refractivity contribution in [3.05, 3.63) is 76.5 Å². The second-order valence-corrected chi connectivity index (χ2v) is 7.86. The highest BCUT2D eigenvalue weighted by Crippen LogP contribution is 2.46. The molecule has 5 heteroatoms. The van der Waals surface area contributed by atoms with E-state index in [1.165, 1.54) is 5.56 Å². The Labute approximate surface area is 170 Å². The van der Waals surface area contributed by atoms with Gasteiger partial charge in [-0.1, -0.05) is 61.8 Å². The number of anilines is 1. The molecule has 4 nitrogen and oxygen atoms in total. The maximum Gasteiger partial charge on any atom is 0.306 e. The predicted octanol–water partition coefficient (Wildman–Crippen LogP) is 4.70. The SMILES string of the molecule is CN1/C(=C\C(=O)COC(=O)CCc2ccccc2Cl)C(C)(C)c2ccccc21. The summed E-state index contributed by atoms with van der Waals surface area (Å²) >= 11 is 6.09. The zero-order valence-electron chi connectivity index (χ0n) is 16.4. The fraction of sp³-hybridized carbons (Fsp3) is 0.304. The summed E-state index contributed by atoms with van der Waals surface area (Å²) < 4.78 is 5.16. The van der Waals surface area contributed by atoms with Gasteiger partial charge in [0.2, 0.25) is 0 Å². The molecular formula is C23H24ClNO3. The van der Waals surface area contributed by atoms with Gasteiger partial charge in [-0.2, -0.15) is 0 Å². The van der Waals surface area contributed by atoms with Gasteiger partial charge >= 0.3 is 5.97 Å². The molecule has 0 fully saturated rings. The average Bonchev–Trinajstić information content (AvgIpc) is 2.87. The molecule has 0 saturated heterocycles. The van der Waals surface area contributed by atoms with Gasteiger partial charge in [0, 0.05) is 41.4 Å². The van der Waals surface area contributed by atoms with Gasteiger partial charge in [0.1, 0.15) is 0 Å². The largest absolute Gasteiger partial charge is 0.457 e. The summed E-state index contributed by atoms with van der Waals surface area (Å²) in [4.78, 5) is 26.4. The number of hydrogen-bond donors (Lipinski definition) is 0. The van der Waals surface area contributed by atoms with Gasteiger partial charge in [-0.15, -0.1) is 0 Å². The van der Waals surface area contributed by atoms with Gasteiger partial charge in [0.15, 0.2) is 12.4 Å². The molecule has 1 heterocycles. The van der Waals surface area contributed by atoms with Crippen LogP contribution in [0.3, 0.4) is 0 Å². The van der Waals surface area contributed by atoms with E-state index in [0.717, 1.165) is 16.9 Å². The van der Waals surface area contributed by atoms with E-state index in [0.29, 0.717) is 11.4 Å². The predicted molar refractivity (Wildman–Crippen MR) is 112 cm³/mol. The second-order valence-electron chi connectivity index (χ2n) is 7.45. The van der Waals surface area contributed by atoms with Crippen LogP contribution in [-0.4, -0.2) is 25.4 Å². The summed E-state index contributed by atoms with van der Waals surface area (Å²) in [5.41, 5.74) is 3.76. The van der Waals surface area contributed by atoms with Gasteiger partial charge in [-0.3, -0.25) is 9.59 Å². The molecule has 2 aromatic rings. The molecule has 0 N–H and O–H groups in total. The van der Waals surface area contributed by atoms with Crippen molar-refractivity contribution in [3.8, 4) is 0 Å². The molecule has 0 aromatic heterocycles. The number of ketones is 1. The number of halogens is 1. The number of aryl methyl sites for hydroxylation is 1. The molecule has 0 radical (unpaired) electrons. The maximum absolute atomic E-state index is 12.4. The summed E-state index contributed by atoms with van der Waals surface area (Å²) in [6.45, 7) is 3.92. The number of rotatable bonds is 6. The highest BCUT2D eigenvalue weighted by Gasteiger charge is 2.38. The standard InChI is InChI=1S/C23H24ClNO3/c1-23(2)18-9-5-7-11-20(18)25(3)21(23)14-17(26)15-28-22(27)13-12-16-8-4-6-10-19(16)24/h4-11,14H,12-13,15H2,1-3H3/b21-14-. The molecule has 0 unspecified atom stereocenters. The van der Waals surface area contributed by atoms with Crippen molar-refractivity contribution in [2.45, 2.75) is 32.1 Å². The maximum atomic E-state index is 12.4. The van der Waals surface area contributed by atoms with Crippen LogP contribution in [-0.2, 0) is 26.2 Å². The molecule has 0 amide bonds. The normalized spacial score (nSPS) is 16.1. The van der Waals surface area contributed by atoms with Crippen LogP contribution in [0.4, 0.5) is 5.69 Å². The fourth-order valence-corrected chi connectivity index (χ4v) is 3.84. The molecule has 1 aliphatic heterocycles. The number of ether oxygens (including phenoxy) is 1. The molecular weight excluding hydrogens is 374 g/mol. The number of fused-ring (bicyclic) bond motifs is 1. The minimum atomic E-state index is -0.408. The fourth-order valence-electron chi connectivity index (χ4n) is 3.61. The number of benzene rings is 2. The number of allylic oxidation sites excluding steroid dienone is 1. The number of hydrogen-bond acceptors (Lipinski definition) is 4. The molecule has 1 aliphatic rings. The Morgan fingerprint density at radius 1 is 1.11 bits per heavy atom. The summed E-state index contributed by atoms with van der Waals surface area (Å²) in [5, 5.41) is 0.627. The van der Waals surface area contributed by atoms with Gasteiger partial charge in [0.05, 0.1) is 0 Å². The van der Waals surface area contributed by atoms with Crippen molar-refractivity contribution < 1.29 is 14.3 Å². The van der Waals surface area contributed by atoms with Crippen molar-refractivity contribution in [2.75, 3.05) is 18.6 Å². The Bertz CT molecular complexity index is 933. The van der Waals surface area contributed by atoms with E-state index in [1.54, 1.807) is 12.1 Å². The molecule has 146 valence electrons. The lowest BCUT2D eigenvalue weighted by molar-refractivity contribution is -0.146. The number of para-hydroxylation sites is 1. The molecule has 0 atom stereocenters. The molecule has 0 saturated carbocycles. The first-order chi connectivity index (χ1) is 13.3. The molecule has 0 aliphatic carbocycles. The van der Waals surface area contributed by atoms with Crippen molar-refractivity contribution in [3.63, 3.8) is 0 Å². The lowest BCUT2D eigenvalue weighted by atomic mass is 9.83. The highest BCUT2D eigenvalue weighted by atomic mass is 35.5. The van der Waals surface area contributed by atoms with Gasteiger partial charge in [-0.25, -0.2) is 0 Å². The smallest absolute Gasteiger partial charge is 0.306 e. The molecule has 0 spiro atoms.